The lowest BCUT2D eigenvalue weighted by Crippen LogP contribution is -1.57. The van der Waals surface area contributed by atoms with Crippen molar-refractivity contribution < 1.29 is 0 Å². The molecule has 0 atom stereocenters. The normalized spacial score (nSPS) is 13.3. The Hall–Kier alpha value is 0.210. The van der Waals surface area contributed by atoms with Crippen molar-refractivity contribution in [2.75, 3.05) is 0 Å². The standard InChI is InChI=1S/C6H9I/c1-3-4-6(2)5-7/h3-5H,1-2H3/b4-3-,6-5-. The van der Waals surface area contributed by atoms with E-state index in [0.717, 1.165) is 0 Å². The van der Waals surface area contributed by atoms with Gasteiger partial charge in [-0.3, -0.25) is 0 Å². The van der Waals surface area contributed by atoms with Gasteiger partial charge in [0.1, 0.15) is 0 Å². The number of halogens is 1. The molecule has 0 aromatic carbocycles. The highest BCUT2D eigenvalue weighted by atomic mass is 127. The largest absolute Gasteiger partial charge is 0.0874 e. The molecule has 0 aliphatic heterocycles. The quantitative estimate of drug-likeness (QED) is 0.459. The molecule has 0 rings (SSSR count). The van der Waals surface area contributed by atoms with Crippen molar-refractivity contribution in [1.82, 2.24) is 0 Å². The fourth-order valence-electron chi connectivity index (χ4n) is 0.299. The van der Waals surface area contributed by atoms with Crippen molar-refractivity contribution in [2.45, 2.75) is 13.8 Å². The van der Waals surface area contributed by atoms with Gasteiger partial charge in [0.05, 0.1) is 0 Å². The van der Waals surface area contributed by atoms with E-state index in [0.29, 0.717) is 0 Å². The van der Waals surface area contributed by atoms with Crippen molar-refractivity contribution in [3.05, 3.63) is 21.8 Å². The van der Waals surface area contributed by atoms with Crippen LogP contribution in [0, 0.1) is 0 Å². The van der Waals surface area contributed by atoms with Gasteiger partial charge in [0.2, 0.25) is 0 Å². The molecule has 1 heteroatoms. The van der Waals surface area contributed by atoms with Crippen LogP contribution in [0.5, 0.6) is 0 Å². The maximum absolute atomic E-state index is 2.22. The molecule has 0 aromatic rings. The summed E-state index contributed by atoms with van der Waals surface area (Å²) < 4.78 is 2.05. The summed E-state index contributed by atoms with van der Waals surface area (Å²) in [6.07, 6.45) is 4.11. The van der Waals surface area contributed by atoms with E-state index in [2.05, 4.69) is 39.7 Å². The zero-order chi connectivity index (χ0) is 5.70. The molecule has 0 amide bonds. The molecule has 0 saturated carbocycles. The minimum absolute atomic E-state index is 1.31. The molecule has 0 spiro atoms. The van der Waals surface area contributed by atoms with Crippen molar-refractivity contribution in [1.29, 1.82) is 0 Å². The van der Waals surface area contributed by atoms with E-state index in [9.17, 15) is 0 Å². The monoisotopic (exact) mass is 208 g/mol. The Kier molecular flexibility index (Phi) is 4.50. The molecule has 0 aromatic heterocycles. The Morgan fingerprint density at radius 1 is 1.57 bits per heavy atom. The van der Waals surface area contributed by atoms with E-state index in [1.807, 2.05) is 13.0 Å². The summed E-state index contributed by atoms with van der Waals surface area (Å²) in [6.45, 7) is 4.09. The minimum Gasteiger partial charge on any atom is -0.0874 e. The van der Waals surface area contributed by atoms with Crippen LogP contribution in [0.2, 0.25) is 0 Å². The van der Waals surface area contributed by atoms with Gasteiger partial charge in [-0.2, -0.15) is 0 Å². The predicted molar refractivity (Wildman–Crippen MR) is 42.6 cm³/mol. The summed E-state index contributed by atoms with van der Waals surface area (Å²) in [5.41, 5.74) is 1.31. The molecule has 0 N–H and O–H groups in total. The smallest absolute Gasteiger partial charge is 0.0205 e. The van der Waals surface area contributed by atoms with Crippen molar-refractivity contribution in [3.8, 4) is 0 Å². The molecule has 0 aliphatic carbocycles. The third-order valence-electron chi connectivity index (χ3n) is 0.602. The first-order valence-corrected chi connectivity index (χ1v) is 3.45. The first-order chi connectivity index (χ1) is 3.31. The van der Waals surface area contributed by atoms with Crippen LogP contribution in [0.3, 0.4) is 0 Å². The number of rotatable bonds is 1. The van der Waals surface area contributed by atoms with E-state index < -0.39 is 0 Å². The van der Waals surface area contributed by atoms with E-state index in [-0.39, 0.29) is 0 Å². The fourth-order valence-corrected chi connectivity index (χ4v) is 0.507. The third kappa shape index (κ3) is 4.05. The molecule has 0 unspecified atom stereocenters. The van der Waals surface area contributed by atoms with Crippen LogP contribution in [0.1, 0.15) is 13.8 Å². The molecular weight excluding hydrogens is 199 g/mol. The second kappa shape index (κ2) is 4.37. The predicted octanol–water partition coefficient (Wildman–Crippen LogP) is 2.90. The van der Waals surface area contributed by atoms with Crippen LogP contribution in [-0.4, -0.2) is 0 Å². The van der Waals surface area contributed by atoms with Gasteiger partial charge in [0.25, 0.3) is 0 Å². The summed E-state index contributed by atoms with van der Waals surface area (Å²) in [6, 6.07) is 0. The third-order valence-corrected chi connectivity index (χ3v) is 1.58. The van der Waals surface area contributed by atoms with E-state index in [1.54, 1.807) is 0 Å². The molecule has 0 saturated heterocycles. The highest BCUT2D eigenvalue weighted by Gasteiger charge is 1.70. The Morgan fingerprint density at radius 2 is 2.14 bits per heavy atom. The minimum atomic E-state index is 1.31. The second-order valence-electron chi connectivity index (χ2n) is 1.35. The maximum Gasteiger partial charge on any atom is -0.0205 e. The van der Waals surface area contributed by atoms with Crippen LogP contribution in [-0.2, 0) is 0 Å². The second-order valence-corrected chi connectivity index (χ2v) is 1.98. The molecule has 7 heavy (non-hydrogen) atoms. The Morgan fingerprint density at radius 3 is 2.29 bits per heavy atom. The van der Waals surface area contributed by atoms with E-state index in [1.165, 1.54) is 5.57 Å². The van der Waals surface area contributed by atoms with Gasteiger partial charge in [-0.25, -0.2) is 0 Å². The summed E-state index contributed by atoms with van der Waals surface area (Å²) >= 11 is 2.22. The van der Waals surface area contributed by atoms with Crippen molar-refractivity contribution >= 4 is 22.6 Å². The van der Waals surface area contributed by atoms with Crippen LogP contribution in [0.25, 0.3) is 0 Å². The summed E-state index contributed by atoms with van der Waals surface area (Å²) in [5, 5.41) is 0. The molecule has 0 heterocycles. The number of allylic oxidation sites excluding steroid dienone is 3. The van der Waals surface area contributed by atoms with Crippen LogP contribution in [0.15, 0.2) is 21.8 Å². The number of hydrogen-bond acceptors (Lipinski definition) is 0. The molecule has 40 valence electrons. The Bertz CT molecular complexity index is 90.4. The fraction of sp³-hybridized carbons (Fsp3) is 0.333. The lowest BCUT2D eigenvalue weighted by Gasteiger charge is -1.80. The molecule has 0 nitrogen and oxygen atoms in total. The highest BCUT2D eigenvalue weighted by molar-refractivity contribution is 14.1. The summed E-state index contributed by atoms with van der Waals surface area (Å²) in [5.74, 6) is 0. The Labute approximate surface area is 58.4 Å². The van der Waals surface area contributed by atoms with Gasteiger partial charge in [-0.15, -0.1) is 0 Å². The molecule has 0 aliphatic rings. The topological polar surface area (TPSA) is 0 Å². The van der Waals surface area contributed by atoms with E-state index >= 15 is 0 Å². The maximum atomic E-state index is 2.22. The van der Waals surface area contributed by atoms with Crippen LogP contribution >= 0.6 is 22.6 Å². The molecular formula is C6H9I. The average Bonchev–Trinajstić information content (AvgIpc) is 1.68. The first-order valence-electron chi connectivity index (χ1n) is 2.21. The van der Waals surface area contributed by atoms with Gasteiger partial charge >= 0.3 is 0 Å². The zero-order valence-electron chi connectivity index (χ0n) is 4.61. The first kappa shape index (κ1) is 7.21. The van der Waals surface area contributed by atoms with E-state index in [4.69, 9.17) is 0 Å². The lowest BCUT2D eigenvalue weighted by atomic mass is 10.3. The van der Waals surface area contributed by atoms with Gasteiger partial charge in [-0.05, 0) is 23.5 Å². The molecule has 0 fully saturated rings. The Balaban J connectivity index is 3.58. The molecule has 0 radical (unpaired) electrons. The van der Waals surface area contributed by atoms with Crippen molar-refractivity contribution in [2.24, 2.45) is 0 Å². The lowest BCUT2D eigenvalue weighted by molar-refractivity contribution is 1.53. The van der Waals surface area contributed by atoms with Crippen LogP contribution < -0.4 is 0 Å². The SMILES string of the molecule is C/C=C\C(C)=C/I. The number of hydrogen-bond donors (Lipinski definition) is 0. The van der Waals surface area contributed by atoms with Gasteiger partial charge in [0.15, 0.2) is 0 Å². The summed E-state index contributed by atoms with van der Waals surface area (Å²) in [7, 11) is 0. The van der Waals surface area contributed by atoms with Crippen molar-refractivity contribution in [3.63, 3.8) is 0 Å². The van der Waals surface area contributed by atoms with Gasteiger partial charge in [0, 0.05) is 0 Å². The zero-order valence-corrected chi connectivity index (χ0v) is 6.77. The molecule has 0 bridgehead atoms. The van der Waals surface area contributed by atoms with Crippen LogP contribution in [0.4, 0.5) is 0 Å². The summed E-state index contributed by atoms with van der Waals surface area (Å²) in [4.78, 5) is 0. The van der Waals surface area contributed by atoms with Gasteiger partial charge < -0.3 is 0 Å². The highest BCUT2D eigenvalue weighted by Crippen LogP contribution is 1.97. The van der Waals surface area contributed by atoms with Gasteiger partial charge in [-0.1, -0.05) is 34.7 Å². The average molecular weight is 208 g/mol.